The molecule has 1 heterocycles. The van der Waals surface area contributed by atoms with Gasteiger partial charge in [-0.05, 0) is 45.3 Å². The third-order valence-corrected chi connectivity index (χ3v) is 6.42. The molecule has 1 N–H and O–H groups in total. The van der Waals surface area contributed by atoms with Crippen LogP contribution in [0.15, 0.2) is 51.8 Å². The third-order valence-electron chi connectivity index (χ3n) is 4.45. The Morgan fingerprint density at radius 3 is 2.71 bits per heavy atom. The Hall–Kier alpha value is -2.36. The van der Waals surface area contributed by atoms with Crippen LogP contribution in [-0.2, 0) is 16.0 Å². The molecule has 0 atom stereocenters. The lowest BCUT2D eigenvalue weighted by molar-refractivity contribution is -0.137. The molecule has 2 aromatic rings. The molecule has 0 aliphatic carbocycles. The molecule has 31 heavy (non-hydrogen) atoms. The molecule has 1 aliphatic heterocycles. The molecule has 0 saturated carbocycles. The van der Waals surface area contributed by atoms with Gasteiger partial charge in [-0.15, -0.1) is 0 Å². The van der Waals surface area contributed by atoms with Gasteiger partial charge in [-0.25, -0.2) is 0 Å². The summed E-state index contributed by atoms with van der Waals surface area (Å²) < 4.78 is 12.5. The number of methoxy groups -OCH3 is 1. The monoisotopic (exact) mass is 521 g/mol. The minimum atomic E-state index is -0.977. The normalized spacial score (nSPS) is 14.9. The van der Waals surface area contributed by atoms with Crippen LogP contribution in [0.3, 0.4) is 0 Å². The second-order valence-corrected chi connectivity index (χ2v) is 9.13. The Kier molecular flexibility index (Phi) is 8.11. The van der Waals surface area contributed by atoms with Gasteiger partial charge in [-0.1, -0.05) is 54.3 Å². The fraction of sp³-hybridized carbons (Fsp3) is 0.227. The Balaban J connectivity index is 1.74. The first-order chi connectivity index (χ1) is 14.9. The highest BCUT2D eigenvalue weighted by molar-refractivity contribution is 9.10. The quantitative estimate of drug-likeness (QED) is 0.376. The maximum Gasteiger partial charge on any atom is 0.305 e. The smallest absolute Gasteiger partial charge is 0.305 e. The molecule has 0 unspecified atom stereocenters. The number of nitrogens with zero attached hydrogens (tertiary/aromatic N) is 1. The molecule has 0 bridgehead atoms. The van der Waals surface area contributed by atoms with E-state index < -0.39 is 5.97 Å². The van der Waals surface area contributed by atoms with E-state index >= 15 is 0 Å². The van der Waals surface area contributed by atoms with Crippen LogP contribution in [0.1, 0.15) is 17.5 Å². The van der Waals surface area contributed by atoms with Crippen molar-refractivity contribution in [3.05, 3.63) is 63.0 Å². The second-order valence-electron chi connectivity index (χ2n) is 6.60. The lowest BCUT2D eigenvalue weighted by Crippen LogP contribution is -2.30. The summed E-state index contributed by atoms with van der Waals surface area (Å²) in [5, 5.41) is 8.85. The number of carbonyl (C=O) groups excluding carboxylic acids is 1. The van der Waals surface area contributed by atoms with Crippen molar-refractivity contribution in [3.63, 3.8) is 0 Å². The molecule has 1 amide bonds. The molecule has 2 aromatic carbocycles. The molecular weight excluding hydrogens is 502 g/mol. The molecule has 162 valence electrons. The molecule has 0 aromatic heterocycles. The van der Waals surface area contributed by atoms with Crippen LogP contribution < -0.4 is 9.47 Å². The average molecular weight is 522 g/mol. The van der Waals surface area contributed by atoms with Gasteiger partial charge < -0.3 is 14.6 Å². The van der Waals surface area contributed by atoms with Crippen LogP contribution in [0.4, 0.5) is 0 Å². The first-order valence-corrected chi connectivity index (χ1v) is 11.4. The number of hydrogen-bond acceptors (Lipinski definition) is 6. The maximum absolute atomic E-state index is 12.6. The van der Waals surface area contributed by atoms with Crippen molar-refractivity contribution < 1.29 is 24.2 Å². The van der Waals surface area contributed by atoms with Crippen molar-refractivity contribution in [3.8, 4) is 11.5 Å². The van der Waals surface area contributed by atoms with Gasteiger partial charge in [-0.2, -0.15) is 0 Å². The zero-order chi connectivity index (χ0) is 22.4. The number of rotatable bonds is 9. The van der Waals surface area contributed by atoms with Gasteiger partial charge in [0.15, 0.2) is 11.5 Å². The Labute approximate surface area is 198 Å². The van der Waals surface area contributed by atoms with Gasteiger partial charge in [0.1, 0.15) is 4.32 Å². The molecule has 0 spiro atoms. The summed E-state index contributed by atoms with van der Waals surface area (Å²) in [6.45, 7) is 0.541. The van der Waals surface area contributed by atoms with Gasteiger partial charge in [0.05, 0.1) is 29.5 Å². The molecule has 1 fully saturated rings. The summed E-state index contributed by atoms with van der Waals surface area (Å²) in [7, 11) is 1.56. The van der Waals surface area contributed by atoms with Crippen LogP contribution in [0.25, 0.3) is 6.08 Å². The number of carboxylic acids is 1. The van der Waals surface area contributed by atoms with E-state index in [0.717, 1.165) is 23.7 Å². The molecule has 3 rings (SSSR count). The van der Waals surface area contributed by atoms with Crippen molar-refractivity contribution in [2.45, 2.75) is 12.8 Å². The summed E-state index contributed by atoms with van der Waals surface area (Å²) in [4.78, 5) is 25.2. The van der Waals surface area contributed by atoms with Crippen molar-refractivity contribution >= 4 is 62.2 Å². The van der Waals surface area contributed by atoms with Crippen molar-refractivity contribution in [2.75, 3.05) is 20.3 Å². The van der Waals surface area contributed by atoms with E-state index in [1.807, 2.05) is 36.4 Å². The maximum atomic E-state index is 12.6. The van der Waals surface area contributed by atoms with Crippen LogP contribution in [0.2, 0.25) is 0 Å². The first kappa shape index (κ1) is 23.3. The minimum absolute atomic E-state index is 0.0541. The number of hydrogen-bond donors (Lipinski definition) is 1. The predicted octanol–water partition coefficient (Wildman–Crippen LogP) is 4.76. The number of carboxylic acid groups (broad SMARTS) is 1. The Morgan fingerprint density at radius 2 is 2.03 bits per heavy atom. The summed E-state index contributed by atoms with van der Waals surface area (Å²) in [5.41, 5.74) is 1.91. The van der Waals surface area contributed by atoms with Gasteiger partial charge in [0.2, 0.25) is 0 Å². The zero-order valence-corrected chi connectivity index (χ0v) is 19.9. The van der Waals surface area contributed by atoms with Crippen molar-refractivity contribution in [1.82, 2.24) is 4.90 Å². The predicted molar refractivity (Wildman–Crippen MR) is 128 cm³/mol. The summed E-state index contributed by atoms with van der Waals surface area (Å²) >= 11 is 9.91. The van der Waals surface area contributed by atoms with Crippen LogP contribution in [0.5, 0.6) is 11.5 Å². The number of ether oxygens (including phenoxy) is 2. The van der Waals surface area contributed by atoms with Crippen LogP contribution in [0, 0.1) is 0 Å². The average Bonchev–Trinajstić information content (AvgIpc) is 3.00. The summed E-state index contributed by atoms with van der Waals surface area (Å²) in [6, 6.07) is 13.7. The number of aliphatic carboxylic acids is 1. The largest absolute Gasteiger partial charge is 0.493 e. The highest BCUT2D eigenvalue weighted by atomic mass is 79.9. The molecule has 9 heteroatoms. The molecular formula is C22H20BrNO5S2. The Bertz CT molecular complexity index is 1030. The Morgan fingerprint density at radius 1 is 1.29 bits per heavy atom. The van der Waals surface area contributed by atoms with E-state index in [4.69, 9.17) is 26.8 Å². The number of carbonyl (C=O) groups is 2. The van der Waals surface area contributed by atoms with E-state index in [2.05, 4.69) is 15.9 Å². The lowest BCUT2D eigenvalue weighted by atomic mass is 10.1. The topological polar surface area (TPSA) is 76.1 Å². The van der Waals surface area contributed by atoms with Gasteiger partial charge in [0.25, 0.3) is 5.91 Å². The minimum Gasteiger partial charge on any atom is -0.493 e. The molecule has 0 radical (unpaired) electrons. The highest BCUT2D eigenvalue weighted by Gasteiger charge is 2.32. The third kappa shape index (κ3) is 6.09. The molecule has 6 nitrogen and oxygen atoms in total. The SMILES string of the molecule is COc1cc(/C=C2\SC(=S)N(CCC(=O)O)C2=O)cc(Br)c1OCCc1ccccc1. The number of thioether (sulfide) groups is 1. The van der Waals surface area contributed by atoms with Crippen LogP contribution >= 0.6 is 39.9 Å². The van der Waals surface area contributed by atoms with E-state index in [-0.39, 0.29) is 18.9 Å². The van der Waals surface area contributed by atoms with Crippen molar-refractivity contribution in [1.29, 1.82) is 0 Å². The van der Waals surface area contributed by atoms with Crippen LogP contribution in [-0.4, -0.2) is 46.5 Å². The molecule has 1 aliphatic rings. The molecule has 1 saturated heterocycles. The number of halogens is 1. The highest BCUT2D eigenvalue weighted by Crippen LogP contribution is 2.39. The van der Waals surface area contributed by atoms with E-state index in [1.54, 1.807) is 19.3 Å². The van der Waals surface area contributed by atoms with Crippen molar-refractivity contribution in [2.24, 2.45) is 0 Å². The number of benzene rings is 2. The fourth-order valence-corrected chi connectivity index (χ4v) is 4.81. The number of thiocarbonyl (C=S) groups is 1. The summed E-state index contributed by atoms with van der Waals surface area (Å²) in [5.74, 6) is -0.149. The van der Waals surface area contributed by atoms with Gasteiger partial charge in [0, 0.05) is 13.0 Å². The first-order valence-electron chi connectivity index (χ1n) is 9.40. The van der Waals surface area contributed by atoms with Gasteiger partial charge in [-0.3, -0.25) is 14.5 Å². The van der Waals surface area contributed by atoms with E-state index in [1.165, 1.54) is 10.5 Å². The van der Waals surface area contributed by atoms with E-state index in [9.17, 15) is 9.59 Å². The lowest BCUT2D eigenvalue weighted by Gasteiger charge is -2.14. The second kappa shape index (κ2) is 10.8. The summed E-state index contributed by atoms with van der Waals surface area (Å²) in [6.07, 6.45) is 2.31. The zero-order valence-electron chi connectivity index (χ0n) is 16.7. The standard InChI is InChI=1S/C22H20BrNO5S2/c1-28-17-12-15(13-18-21(27)24(22(30)31-18)9-7-19(25)26)11-16(23)20(17)29-10-8-14-5-3-2-4-6-14/h2-6,11-13H,7-10H2,1H3,(H,25,26)/b18-13-. The fourth-order valence-electron chi connectivity index (χ4n) is 2.93. The number of amides is 1. The van der Waals surface area contributed by atoms with Gasteiger partial charge >= 0.3 is 5.97 Å². The van der Waals surface area contributed by atoms with E-state index in [0.29, 0.717) is 31.8 Å².